The van der Waals surface area contributed by atoms with Gasteiger partial charge >= 0.3 is 0 Å². The topological polar surface area (TPSA) is 23.6 Å². The summed E-state index contributed by atoms with van der Waals surface area (Å²) < 4.78 is 12.9. The van der Waals surface area contributed by atoms with Crippen LogP contribution < -0.4 is 0 Å². The fourth-order valence-corrected chi connectivity index (χ4v) is 2.79. The van der Waals surface area contributed by atoms with E-state index in [0.717, 1.165) is 44.5 Å². The lowest BCUT2D eigenvalue weighted by molar-refractivity contribution is 0.0762. The number of hydrogen-bond acceptors (Lipinski definition) is 2. The molecule has 19 heavy (non-hydrogen) atoms. The molecule has 1 aromatic rings. The molecule has 104 valence electrons. The largest absolute Gasteiger partial charge is 0.337 e. The Kier molecular flexibility index (Phi) is 5.34. The fourth-order valence-electron chi connectivity index (χ4n) is 2.29. The summed E-state index contributed by atoms with van der Waals surface area (Å²) in [4.78, 5) is 16.5. The Labute approximate surface area is 121 Å². The lowest BCUT2D eigenvalue weighted by atomic mass is 10.2. The Morgan fingerprint density at radius 1 is 1.16 bits per heavy atom. The van der Waals surface area contributed by atoms with Crippen LogP contribution in [-0.4, -0.2) is 53.8 Å². The minimum absolute atomic E-state index is 0.000641. The molecular weight excluding hydrogens is 311 g/mol. The van der Waals surface area contributed by atoms with Gasteiger partial charge < -0.3 is 9.80 Å². The lowest BCUT2D eigenvalue weighted by Crippen LogP contribution is -2.35. The molecule has 1 aromatic carbocycles. The van der Waals surface area contributed by atoms with E-state index in [9.17, 15) is 9.18 Å². The van der Waals surface area contributed by atoms with E-state index in [4.69, 9.17) is 0 Å². The van der Waals surface area contributed by atoms with Gasteiger partial charge in [0.25, 0.3) is 5.91 Å². The first-order valence-corrected chi connectivity index (χ1v) is 7.66. The van der Waals surface area contributed by atoms with Crippen molar-refractivity contribution in [2.24, 2.45) is 0 Å². The maximum atomic E-state index is 12.9. The highest BCUT2D eigenvalue weighted by molar-refractivity contribution is 9.09. The predicted molar refractivity (Wildman–Crippen MR) is 77.2 cm³/mol. The van der Waals surface area contributed by atoms with Crippen LogP contribution in [0, 0.1) is 5.82 Å². The van der Waals surface area contributed by atoms with Crippen molar-refractivity contribution in [3.8, 4) is 0 Å². The third kappa shape index (κ3) is 4.01. The monoisotopic (exact) mass is 328 g/mol. The highest BCUT2D eigenvalue weighted by Gasteiger charge is 2.19. The molecule has 1 saturated heterocycles. The number of benzene rings is 1. The Bertz CT molecular complexity index is 424. The summed E-state index contributed by atoms with van der Waals surface area (Å²) in [5, 5.41) is 0.957. The molecule has 0 unspecified atom stereocenters. The molecule has 1 heterocycles. The molecule has 0 spiro atoms. The van der Waals surface area contributed by atoms with Gasteiger partial charge in [-0.15, -0.1) is 0 Å². The van der Waals surface area contributed by atoms with Crippen molar-refractivity contribution >= 4 is 21.8 Å². The van der Waals surface area contributed by atoms with Crippen LogP contribution in [0.2, 0.25) is 0 Å². The first-order valence-electron chi connectivity index (χ1n) is 6.54. The Balaban J connectivity index is 1.98. The van der Waals surface area contributed by atoms with Crippen LogP contribution in [0.5, 0.6) is 0 Å². The SMILES string of the molecule is O=C(c1ccc(F)cc1)N1CCCN(CCBr)CC1. The number of nitrogens with zero attached hydrogens (tertiary/aromatic N) is 2. The lowest BCUT2D eigenvalue weighted by Gasteiger charge is -2.21. The predicted octanol–water partition coefficient (Wildman–Crippen LogP) is 2.37. The van der Waals surface area contributed by atoms with Gasteiger partial charge in [0.1, 0.15) is 5.82 Å². The summed E-state index contributed by atoms with van der Waals surface area (Å²) in [6.45, 7) is 4.45. The van der Waals surface area contributed by atoms with E-state index in [1.807, 2.05) is 4.90 Å². The number of carbonyl (C=O) groups excluding carboxylic acids is 1. The van der Waals surface area contributed by atoms with E-state index < -0.39 is 0 Å². The van der Waals surface area contributed by atoms with Crippen LogP contribution >= 0.6 is 15.9 Å². The van der Waals surface area contributed by atoms with Gasteiger partial charge in [-0.25, -0.2) is 4.39 Å². The maximum Gasteiger partial charge on any atom is 0.253 e. The average Bonchev–Trinajstić information content (AvgIpc) is 2.65. The highest BCUT2D eigenvalue weighted by Crippen LogP contribution is 2.10. The van der Waals surface area contributed by atoms with Crippen LogP contribution in [0.25, 0.3) is 0 Å². The Morgan fingerprint density at radius 3 is 2.58 bits per heavy atom. The van der Waals surface area contributed by atoms with Crippen molar-refractivity contribution in [2.45, 2.75) is 6.42 Å². The summed E-state index contributed by atoms with van der Waals surface area (Å²) in [7, 11) is 0. The number of hydrogen-bond donors (Lipinski definition) is 0. The summed E-state index contributed by atoms with van der Waals surface area (Å²) >= 11 is 3.44. The van der Waals surface area contributed by atoms with E-state index in [0.29, 0.717) is 5.56 Å². The molecule has 0 aromatic heterocycles. The molecular formula is C14H18BrFN2O. The van der Waals surface area contributed by atoms with E-state index in [-0.39, 0.29) is 11.7 Å². The number of amides is 1. The Hall–Kier alpha value is -0.940. The van der Waals surface area contributed by atoms with E-state index in [1.165, 1.54) is 12.1 Å². The van der Waals surface area contributed by atoms with E-state index in [1.54, 1.807) is 12.1 Å². The standard InChI is InChI=1S/C14H18BrFN2O/c15-6-9-17-7-1-8-18(11-10-17)14(19)12-2-4-13(16)5-3-12/h2-5H,1,6-11H2. The molecule has 0 aliphatic carbocycles. The quantitative estimate of drug-likeness (QED) is 0.795. The normalized spacial score (nSPS) is 17.3. The van der Waals surface area contributed by atoms with Crippen molar-refractivity contribution < 1.29 is 9.18 Å². The molecule has 0 saturated carbocycles. The molecule has 1 aliphatic heterocycles. The first-order chi connectivity index (χ1) is 9.20. The number of rotatable bonds is 3. The van der Waals surface area contributed by atoms with Gasteiger partial charge in [0.2, 0.25) is 0 Å². The minimum Gasteiger partial charge on any atom is -0.337 e. The minimum atomic E-state index is -0.309. The smallest absolute Gasteiger partial charge is 0.253 e. The van der Waals surface area contributed by atoms with Gasteiger partial charge in [0.15, 0.2) is 0 Å². The van der Waals surface area contributed by atoms with Crippen molar-refractivity contribution in [1.82, 2.24) is 9.80 Å². The molecule has 3 nitrogen and oxygen atoms in total. The second-order valence-electron chi connectivity index (χ2n) is 4.68. The van der Waals surface area contributed by atoms with Crippen LogP contribution in [0.1, 0.15) is 16.8 Å². The molecule has 1 aliphatic rings. The van der Waals surface area contributed by atoms with Crippen LogP contribution in [0.4, 0.5) is 4.39 Å². The van der Waals surface area contributed by atoms with Crippen molar-refractivity contribution in [3.63, 3.8) is 0 Å². The van der Waals surface area contributed by atoms with Crippen LogP contribution in [0.3, 0.4) is 0 Å². The average molecular weight is 329 g/mol. The van der Waals surface area contributed by atoms with Crippen molar-refractivity contribution in [3.05, 3.63) is 35.6 Å². The summed E-state index contributed by atoms with van der Waals surface area (Å²) in [6, 6.07) is 5.78. The van der Waals surface area contributed by atoms with Crippen molar-refractivity contribution in [2.75, 3.05) is 38.1 Å². The molecule has 1 fully saturated rings. The third-order valence-corrected chi connectivity index (χ3v) is 3.72. The number of carbonyl (C=O) groups is 1. The van der Waals surface area contributed by atoms with Gasteiger partial charge in [0, 0.05) is 37.1 Å². The molecule has 1 amide bonds. The molecule has 5 heteroatoms. The van der Waals surface area contributed by atoms with Gasteiger partial charge in [0.05, 0.1) is 0 Å². The van der Waals surface area contributed by atoms with Gasteiger partial charge in [-0.1, -0.05) is 15.9 Å². The van der Waals surface area contributed by atoms with Gasteiger partial charge in [-0.3, -0.25) is 4.79 Å². The number of halogens is 2. The zero-order valence-electron chi connectivity index (χ0n) is 10.8. The van der Waals surface area contributed by atoms with Gasteiger partial charge in [-0.2, -0.15) is 0 Å². The molecule has 0 atom stereocenters. The highest BCUT2D eigenvalue weighted by atomic mass is 79.9. The first kappa shape index (κ1) is 14.5. The van der Waals surface area contributed by atoms with Crippen molar-refractivity contribution in [1.29, 1.82) is 0 Å². The maximum absolute atomic E-state index is 12.9. The summed E-state index contributed by atoms with van der Waals surface area (Å²) in [5.41, 5.74) is 0.565. The second kappa shape index (κ2) is 7.01. The van der Waals surface area contributed by atoms with Crippen LogP contribution in [0.15, 0.2) is 24.3 Å². The third-order valence-electron chi connectivity index (χ3n) is 3.37. The second-order valence-corrected chi connectivity index (χ2v) is 5.48. The Morgan fingerprint density at radius 2 is 1.89 bits per heavy atom. The van der Waals surface area contributed by atoms with E-state index >= 15 is 0 Å². The molecule has 0 radical (unpaired) electrons. The zero-order valence-corrected chi connectivity index (χ0v) is 12.4. The summed E-state index contributed by atoms with van der Waals surface area (Å²) in [5.74, 6) is -0.309. The molecule has 2 rings (SSSR count). The van der Waals surface area contributed by atoms with E-state index in [2.05, 4.69) is 20.8 Å². The zero-order chi connectivity index (χ0) is 13.7. The fraction of sp³-hybridized carbons (Fsp3) is 0.500. The number of alkyl halides is 1. The molecule has 0 N–H and O–H groups in total. The van der Waals surface area contributed by atoms with Crippen LogP contribution in [-0.2, 0) is 0 Å². The van der Waals surface area contributed by atoms with Gasteiger partial charge in [-0.05, 0) is 37.2 Å². The molecule has 0 bridgehead atoms. The summed E-state index contributed by atoms with van der Waals surface area (Å²) in [6.07, 6.45) is 0.986.